The maximum atomic E-state index is 12.3. The number of nitrogens with one attached hydrogen (secondary N) is 2. The zero-order valence-electron chi connectivity index (χ0n) is 16.9. The first-order chi connectivity index (χ1) is 15.0. The number of carbonyl (C=O) groups excluding carboxylic acids is 2. The van der Waals surface area contributed by atoms with Gasteiger partial charge in [-0.05, 0) is 54.6 Å². The normalized spacial score (nSPS) is 10.5. The molecule has 158 valence electrons. The number of methoxy groups -OCH3 is 2. The minimum atomic E-state index is -0.392. The highest BCUT2D eigenvalue weighted by atomic mass is 35.5. The molecule has 2 N–H and O–H groups in total. The van der Waals surface area contributed by atoms with Crippen molar-refractivity contribution in [2.24, 2.45) is 5.10 Å². The third-order valence-corrected chi connectivity index (χ3v) is 4.54. The molecular weight excluding hydrogens is 418 g/mol. The number of nitrogens with zero attached hydrogens (tertiary/aromatic N) is 1. The van der Waals surface area contributed by atoms with E-state index in [4.69, 9.17) is 21.1 Å². The van der Waals surface area contributed by atoms with Crippen molar-refractivity contribution in [1.82, 2.24) is 5.43 Å². The van der Waals surface area contributed by atoms with Gasteiger partial charge in [-0.25, -0.2) is 5.43 Å². The molecule has 0 saturated heterocycles. The summed E-state index contributed by atoms with van der Waals surface area (Å²) in [6.45, 7) is 0. The fourth-order valence-electron chi connectivity index (χ4n) is 2.69. The molecule has 0 spiro atoms. The SMILES string of the molecule is COc1ccc(/C=N\NC(=O)c2ccc(NC(=O)c3cccc(Cl)c3)cc2)c(OC)c1. The Morgan fingerprint density at radius 1 is 0.903 bits per heavy atom. The lowest BCUT2D eigenvalue weighted by molar-refractivity contribution is 0.0954. The maximum Gasteiger partial charge on any atom is 0.271 e. The van der Waals surface area contributed by atoms with Crippen LogP contribution in [0, 0.1) is 0 Å². The summed E-state index contributed by atoms with van der Waals surface area (Å²) in [6, 6.07) is 18.3. The summed E-state index contributed by atoms with van der Waals surface area (Å²) < 4.78 is 10.4. The van der Waals surface area contributed by atoms with E-state index in [2.05, 4.69) is 15.8 Å². The minimum absolute atomic E-state index is 0.294. The van der Waals surface area contributed by atoms with Crippen molar-refractivity contribution in [2.75, 3.05) is 19.5 Å². The molecule has 0 saturated carbocycles. The average Bonchev–Trinajstić information content (AvgIpc) is 2.79. The molecule has 31 heavy (non-hydrogen) atoms. The van der Waals surface area contributed by atoms with Crippen molar-refractivity contribution >= 4 is 35.3 Å². The van der Waals surface area contributed by atoms with Crippen LogP contribution in [0.2, 0.25) is 5.02 Å². The predicted molar refractivity (Wildman–Crippen MR) is 120 cm³/mol. The molecular formula is C23H20ClN3O4. The molecule has 0 aliphatic carbocycles. The van der Waals surface area contributed by atoms with Crippen LogP contribution in [0.4, 0.5) is 5.69 Å². The Labute approximate surface area is 184 Å². The van der Waals surface area contributed by atoms with E-state index in [1.807, 2.05) is 0 Å². The van der Waals surface area contributed by atoms with Gasteiger partial charge in [0.25, 0.3) is 11.8 Å². The Kier molecular flexibility index (Phi) is 7.24. The Bertz CT molecular complexity index is 1110. The van der Waals surface area contributed by atoms with Gasteiger partial charge in [0.2, 0.25) is 0 Å². The fourth-order valence-corrected chi connectivity index (χ4v) is 2.88. The van der Waals surface area contributed by atoms with E-state index in [1.54, 1.807) is 73.8 Å². The van der Waals surface area contributed by atoms with Gasteiger partial charge in [-0.2, -0.15) is 5.10 Å². The molecule has 2 amide bonds. The molecule has 0 bridgehead atoms. The van der Waals surface area contributed by atoms with Crippen molar-refractivity contribution in [3.63, 3.8) is 0 Å². The number of benzene rings is 3. The van der Waals surface area contributed by atoms with Gasteiger partial charge in [0, 0.05) is 33.5 Å². The van der Waals surface area contributed by atoms with E-state index in [1.165, 1.54) is 13.3 Å². The second kappa shape index (κ2) is 10.3. The summed E-state index contributed by atoms with van der Waals surface area (Å²) in [4.78, 5) is 24.6. The van der Waals surface area contributed by atoms with Gasteiger partial charge in [-0.1, -0.05) is 17.7 Å². The Balaban J connectivity index is 1.60. The third kappa shape index (κ3) is 5.83. The van der Waals surface area contributed by atoms with Crippen LogP contribution in [0.1, 0.15) is 26.3 Å². The van der Waals surface area contributed by atoms with Gasteiger partial charge in [-0.15, -0.1) is 0 Å². The monoisotopic (exact) mass is 437 g/mol. The van der Waals surface area contributed by atoms with Gasteiger partial charge in [-0.3, -0.25) is 9.59 Å². The smallest absolute Gasteiger partial charge is 0.271 e. The van der Waals surface area contributed by atoms with Gasteiger partial charge >= 0.3 is 0 Å². The standard InChI is InChI=1S/C23H20ClN3O4/c1-30-20-11-8-17(21(13-20)31-2)14-25-27-23(29)15-6-9-19(10-7-15)26-22(28)16-4-3-5-18(24)12-16/h3-14H,1-2H3,(H,26,28)(H,27,29)/b25-14-. The second-order valence-corrected chi connectivity index (χ2v) is 6.79. The van der Waals surface area contributed by atoms with Gasteiger partial charge in [0.05, 0.1) is 20.4 Å². The van der Waals surface area contributed by atoms with E-state index < -0.39 is 5.91 Å². The molecule has 0 atom stereocenters. The highest BCUT2D eigenvalue weighted by Gasteiger charge is 2.09. The number of hydrogen-bond acceptors (Lipinski definition) is 5. The van der Waals surface area contributed by atoms with Crippen LogP contribution in [0.3, 0.4) is 0 Å². The lowest BCUT2D eigenvalue weighted by atomic mass is 10.1. The van der Waals surface area contributed by atoms with Crippen LogP contribution < -0.4 is 20.2 Å². The van der Waals surface area contributed by atoms with Crippen LogP contribution in [0.5, 0.6) is 11.5 Å². The van der Waals surface area contributed by atoms with Crippen LogP contribution in [0.15, 0.2) is 71.8 Å². The molecule has 0 aliphatic heterocycles. The molecule has 0 heterocycles. The molecule has 3 aromatic rings. The predicted octanol–water partition coefficient (Wildman–Crippen LogP) is 4.37. The maximum absolute atomic E-state index is 12.3. The fraction of sp³-hybridized carbons (Fsp3) is 0.0870. The highest BCUT2D eigenvalue weighted by Crippen LogP contribution is 2.23. The average molecular weight is 438 g/mol. The first kappa shape index (κ1) is 21.9. The number of halogens is 1. The third-order valence-electron chi connectivity index (χ3n) is 4.30. The summed E-state index contributed by atoms with van der Waals surface area (Å²) in [5.74, 6) is 0.534. The summed E-state index contributed by atoms with van der Waals surface area (Å²) in [5, 5.41) is 7.21. The Morgan fingerprint density at radius 2 is 1.68 bits per heavy atom. The number of carbonyl (C=O) groups is 2. The van der Waals surface area contributed by atoms with Gasteiger partial charge in [0.1, 0.15) is 11.5 Å². The Morgan fingerprint density at radius 3 is 2.35 bits per heavy atom. The van der Waals surface area contributed by atoms with Gasteiger partial charge < -0.3 is 14.8 Å². The number of ether oxygens (including phenoxy) is 2. The van der Waals surface area contributed by atoms with Gasteiger partial charge in [0.15, 0.2) is 0 Å². The molecule has 0 aromatic heterocycles. The van der Waals surface area contributed by atoms with E-state index >= 15 is 0 Å². The molecule has 3 rings (SSSR count). The number of rotatable bonds is 7. The van der Waals surface area contributed by atoms with Crippen molar-refractivity contribution in [2.45, 2.75) is 0 Å². The highest BCUT2D eigenvalue weighted by molar-refractivity contribution is 6.31. The zero-order valence-corrected chi connectivity index (χ0v) is 17.6. The quantitative estimate of drug-likeness (QED) is 0.424. The van der Waals surface area contributed by atoms with Crippen molar-refractivity contribution in [1.29, 1.82) is 0 Å². The molecule has 0 radical (unpaired) electrons. The first-order valence-electron chi connectivity index (χ1n) is 9.22. The number of anilines is 1. The summed E-state index contributed by atoms with van der Waals surface area (Å²) in [6.07, 6.45) is 1.48. The summed E-state index contributed by atoms with van der Waals surface area (Å²) >= 11 is 5.91. The van der Waals surface area contributed by atoms with Crippen LogP contribution >= 0.6 is 11.6 Å². The minimum Gasteiger partial charge on any atom is -0.497 e. The number of hydrogen-bond donors (Lipinski definition) is 2. The summed E-state index contributed by atoms with van der Waals surface area (Å²) in [5.41, 5.74) is 4.52. The van der Waals surface area contributed by atoms with Crippen molar-refractivity contribution < 1.29 is 19.1 Å². The van der Waals surface area contributed by atoms with Crippen LogP contribution in [-0.2, 0) is 0 Å². The topological polar surface area (TPSA) is 89.0 Å². The van der Waals surface area contributed by atoms with E-state index in [9.17, 15) is 9.59 Å². The first-order valence-corrected chi connectivity index (χ1v) is 9.60. The zero-order chi connectivity index (χ0) is 22.2. The molecule has 0 unspecified atom stereocenters. The van der Waals surface area contributed by atoms with E-state index in [0.717, 1.165) is 0 Å². The Hall–Kier alpha value is -3.84. The summed E-state index contributed by atoms with van der Waals surface area (Å²) in [7, 11) is 3.11. The van der Waals surface area contributed by atoms with E-state index in [-0.39, 0.29) is 5.91 Å². The number of hydrazone groups is 1. The lowest BCUT2D eigenvalue weighted by Gasteiger charge is -2.07. The molecule has 3 aromatic carbocycles. The lowest BCUT2D eigenvalue weighted by Crippen LogP contribution is -2.18. The van der Waals surface area contributed by atoms with Crippen LogP contribution in [-0.4, -0.2) is 32.2 Å². The molecule has 8 heteroatoms. The van der Waals surface area contributed by atoms with Crippen LogP contribution in [0.25, 0.3) is 0 Å². The molecule has 0 fully saturated rings. The number of amides is 2. The molecule has 0 aliphatic rings. The van der Waals surface area contributed by atoms with E-state index in [0.29, 0.717) is 38.9 Å². The van der Waals surface area contributed by atoms with Crippen molar-refractivity contribution in [3.05, 3.63) is 88.4 Å². The van der Waals surface area contributed by atoms with Crippen molar-refractivity contribution in [3.8, 4) is 11.5 Å². The molecule has 7 nitrogen and oxygen atoms in total. The largest absolute Gasteiger partial charge is 0.497 e. The second-order valence-electron chi connectivity index (χ2n) is 6.35.